The molecule has 1 N–H and O–H groups in total. The first-order valence-electron chi connectivity index (χ1n) is 8.20. The third-order valence-corrected chi connectivity index (χ3v) is 3.91. The van der Waals surface area contributed by atoms with Crippen molar-refractivity contribution in [2.24, 2.45) is 0 Å². The highest BCUT2D eigenvalue weighted by Crippen LogP contribution is 2.31. The number of esters is 1. The molecule has 1 amide bonds. The zero-order valence-electron chi connectivity index (χ0n) is 15.4. The number of amides is 1. The van der Waals surface area contributed by atoms with Crippen LogP contribution in [0.1, 0.15) is 34.5 Å². The molecule has 2 rings (SSSR count). The van der Waals surface area contributed by atoms with Crippen LogP contribution in [0.4, 0.5) is 0 Å². The SMILES string of the molecule is COc1cccc(C(=O)OCC(=O)N[C@H](C)c2ccc(C)cc2)c1OC. The molecule has 0 aliphatic heterocycles. The number of carbonyl (C=O) groups excluding carboxylic acids is 2. The third kappa shape index (κ3) is 4.75. The molecule has 0 saturated heterocycles. The van der Waals surface area contributed by atoms with Crippen molar-refractivity contribution in [1.82, 2.24) is 5.32 Å². The predicted molar refractivity (Wildman–Crippen MR) is 97.6 cm³/mol. The van der Waals surface area contributed by atoms with Gasteiger partial charge in [-0.2, -0.15) is 0 Å². The van der Waals surface area contributed by atoms with E-state index >= 15 is 0 Å². The lowest BCUT2D eigenvalue weighted by Crippen LogP contribution is -2.31. The number of rotatable bonds is 7. The maximum Gasteiger partial charge on any atom is 0.342 e. The number of benzene rings is 2. The van der Waals surface area contributed by atoms with Crippen LogP contribution in [-0.2, 0) is 9.53 Å². The molecule has 6 nitrogen and oxygen atoms in total. The average Bonchev–Trinajstić information content (AvgIpc) is 2.65. The summed E-state index contributed by atoms with van der Waals surface area (Å²) in [6.07, 6.45) is 0. The summed E-state index contributed by atoms with van der Waals surface area (Å²) >= 11 is 0. The van der Waals surface area contributed by atoms with Crippen LogP contribution in [0.25, 0.3) is 0 Å². The fraction of sp³-hybridized carbons (Fsp3) is 0.300. The van der Waals surface area contributed by atoms with Gasteiger partial charge in [-0.05, 0) is 31.5 Å². The van der Waals surface area contributed by atoms with Crippen molar-refractivity contribution in [3.05, 3.63) is 59.2 Å². The number of ether oxygens (including phenoxy) is 3. The lowest BCUT2D eigenvalue weighted by molar-refractivity contribution is -0.124. The molecule has 0 aromatic heterocycles. The van der Waals surface area contributed by atoms with Crippen LogP contribution in [0.5, 0.6) is 11.5 Å². The molecule has 0 fully saturated rings. The van der Waals surface area contributed by atoms with E-state index < -0.39 is 5.97 Å². The highest BCUT2D eigenvalue weighted by atomic mass is 16.5. The fourth-order valence-corrected chi connectivity index (χ4v) is 2.48. The smallest absolute Gasteiger partial charge is 0.342 e. The lowest BCUT2D eigenvalue weighted by Gasteiger charge is -2.15. The van der Waals surface area contributed by atoms with Gasteiger partial charge in [0, 0.05) is 0 Å². The van der Waals surface area contributed by atoms with Crippen LogP contribution in [0.3, 0.4) is 0 Å². The molecule has 2 aromatic carbocycles. The van der Waals surface area contributed by atoms with E-state index in [0.29, 0.717) is 5.75 Å². The minimum Gasteiger partial charge on any atom is -0.493 e. The topological polar surface area (TPSA) is 73.9 Å². The first kappa shape index (κ1) is 19.3. The molecule has 0 spiro atoms. The molecule has 0 aliphatic rings. The molecular formula is C20H23NO5. The second-order valence-corrected chi connectivity index (χ2v) is 5.82. The summed E-state index contributed by atoms with van der Waals surface area (Å²) in [5.41, 5.74) is 2.32. The van der Waals surface area contributed by atoms with Gasteiger partial charge in [-0.15, -0.1) is 0 Å². The van der Waals surface area contributed by atoms with Crippen molar-refractivity contribution < 1.29 is 23.8 Å². The molecule has 26 heavy (non-hydrogen) atoms. The minimum absolute atomic E-state index is 0.187. The van der Waals surface area contributed by atoms with Gasteiger partial charge in [0.1, 0.15) is 5.56 Å². The monoisotopic (exact) mass is 357 g/mol. The summed E-state index contributed by atoms with van der Waals surface area (Å²) in [6.45, 7) is 3.49. The summed E-state index contributed by atoms with van der Waals surface area (Å²) in [5, 5.41) is 2.80. The van der Waals surface area contributed by atoms with Gasteiger partial charge in [0.05, 0.1) is 20.3 Å². The summed E-state index contributed by atoms with van der Waals surface area (Å²) in [7, 11) is 2.91. The fourth-order valence-electron chi connectivity index (χ4n) is 2.48. The number of hydrogen-bond acceptors (Lipinski definition) is 5. The zero-order chi connectivity index (χ0) is 19.1. The molecule has 6 heteroatoms. The van der Waals surface area contributed by atoms with Crippen LogP contribution in [0.15, 0.2) is 42.5 Å². The predicted octanol–water partition coefficient (Wildman–Crippen LogP) is 3.05. The Bertz CT molecular complexity index is 770. The van der Waals surface area contributed by atoms with Crippen molar-refractivity contribution in [1.29, 1.82) is 0 Å². The molecule has 1 atom stereocenters. The molecule has 0 heterocycles. The van der Waals surface area contributed by atoms with Crippen molar-refractivity contribution in [2.45, 2.75) is 19.9 Å². The third-order valence-electron chi connectivity index (χ3n) is 3.91. The molecule has 0 aliphatic carbocycles. The van der Waals surface area contributed by atoms with Crippen LogP contribution >= 0.6 is 0 Å². The highest BCUT2D eigenvalue weighted by molar-refractivity contribution is 5.95. The van der Waals surface area contributed by atoms with Gasteiger partial charge < -0.3 is 19.5 Å². The van der Waals surface area contributed by atoms with Crippen LogP contribution in [0, 0.1) is 6.92 Å². The van der Waals surface area contributed by atoms with Gasteiger partial charge in [-0.1, -0.05) is 35.9 Å². The van der Waals surface area contributed by atoms with E-state index in [1.54, 1.807) is 18.2 Å². The van der Waals surface area contributed by atoms with E-state index in [4.69, 9.17) is 14.2 Å². The largest absolute Gasteiger partial charge is 0.493 e. The number of hydrogen-bond donors (Lipinski definition) is 1. The molecule has 0 radical (unpaired) electrons. The van der Waals surface area contributed by atoms with Gasteiger partial charge in [0.15, 0.2) is 18.1 Å². The normalized spacial score (nSPS) is 11.4. The average molecular weight is 357 g/mol. The number of nitrogens with one attached hydrogen (secondary N) is 1. The standard InChI is InChI=1S/C20H23NO5/c1-13-8-10-15(11-9-13)14(2)21-18(22)12-26-20(23)16-6-5-7-17(24-3)19(16)25-4/h5-11,14H,12H2,1-4H3,(H,21,22)/t14-/m1/s1. The number of para-hydroxylation sites is 1. The maximum atomic E-state index is 12.3. The van der Waals surface area contributed by atoms with Crippen LogP contribution in [-0.4, -0.2) is 32.7 Å². The maximum absolute atomic E-state index is 12.3. The summed E-state index contributed by atoms with van der Waals surface area (Å²) in [4.78, 5) is 24.3. The lowest BCUT2D eigenvalue weighted by atomic mass is 10.1. The summed E-state index contributed by atoms with van der Waals surface area (Å²) in [6, 6.07) is 12.5. The Kier molecular flexibility index (Phi) is 6.60. The molecule has 0 unspecified atom stereocenters. The van der Waals surface area contributed by atoms with Gasteiger partial charge in [-0.25, -0.2) is 4.79 Å². The highest BCUT2D eigenvalue weighted by Gasteiger charge is 2.19. The molecule has 2 aromatic rings. The van der Waals surface area contributed by atoms with Crippen LogP contribution in [0.2, 0.25) is 0 Å². The van der Waals surface area contributed by atoms with Crippen molar-refractivity contribution >= 4 is 11.9 Å². The van der Waals surface area contributed by atoms with Gasteiger partial charge in [0.25, 0.3) is 5.91 Å². The van der Waals surface area contributed by atoms with Gasteiger partial charge >= 0.3 is 5.97 Å². The van der Waals surface area contributed by atoms with E-state index in [1.807, 2.05) is 38.1 Å². The first-order valence-corrected chi connectivity index (χ1v) is 8.20. The second kappa shape index (κ2) is 8.89. The number of aryl methyl sites for hydroxylation is 1. The Morgan fingerprint density at radius 3 is 2.35 bits per heavy atom. The zero-order valence-corrected chi connectivity index (χ0v) is 15.4. The molecule has 0 bridgehead atoms. The van der Waals surface area contributed by atoms with E-state index in [0.717, 1.165) is 11.1 Å². The Hall–Kier alpha value is -3.02. The second-order valence-electron chi connectivity index (χ2n) is 5.82. The first-order chi connectivity index (χ1) is 12.5. The minimum atomic E-state index is -0.654. The van der Waals surface area contributed by atoms with Gasteiger partial charge in [0.2, 0.25) is 0 Å². The Labute approximate surface area is 153 Å². The van der Waals surface area contributed by atoms with Crippen molar-refractivity contribution in [3.63, 3.8) is 0 Å². The molecule has 0 saturated carbocycles. The van der Waals surface area contributed by atoms with Crippen molar-refractivity contribution in [2.75, 3.05) is 20.8 Å². The van der Waals surface area contributed by atoms with Crippen molar-refractivity contribution in [3.8, 4) is 11.5 Å². The van der Waals surface area contributed by atoms with E-state index in [1.165, 1.54) is 14.2 Å². The Morgan fingerprint density at radius 1 is 1.04 bits per heavy atom. The van der Waals surface area contributed by atoms with E-state index in [9.17, 15) is 9.59 Å². The van der Waals surface area contributed by atoms with E-state index in [2.05, 4.69) is 5.32 Å². The number of methoxy groups -OCH3 is 2. The summed E-state index contributed by atoms with van der Waals surface area (Å²) in [5.74, 6) is -0.347. The molecular weight excluding hydrogens is 334 g/mol. The summed E-state index contributed by atoms with van der Waals surface area (Å²) < 4.78 is 15.5. The number of carbonyl (C=O) groups is 2. The Morgan fingerprint density at radius 2 is 1.73 bits per heavy atom. The van der Waals surface area contributed by atoms with E-state index in [-0.39, 0.29) is 29.9 Å². The Balaban J connectivity index is 1.95. The van der Waals surface area contributed by atoms with Gasteiger partial charge in [-0.3, -0.25) is 4.79 Å². The molecule has 138 valence electrons. The quantitative estimate of drug-likeness (QED) is 0.771. The van der Waals surface area contributed by atoms with Crippen LogP contribution < -0.4 is 14.8 Å².